The van der Waals surface area contributed by atoms with Crippen molar-refractivity contribution in [2.75, 3.05) is 6.61 Å². The van der Waals surface area contributed by atoms with Crippen molar-refractivity contribution in [3.8, 4) is 0 Å². The van der Waals surface area contributed by atoms with Gasteiger partial charge in [0.25, 0.3) is 0 Å². The van der Waals surface area contributed by atoms with Crippen LogP contribution in [0.2, 0.25) is 0 Å². The van der Waals surface area contributed by atoms with E-state index in [9.17, 15) is 9.59 Å². The van der Waals surface area contributed by atoms with Gasteiger partial charge >= 0.3 is 0 Å². The lowest BCUT2D eigenvalue weighted by molar-refractivity contribution is -0.129. The van der Waals surface area contributed by atoms with Crippen molar-refractivity contribution in [2.24, 2.45) is 5.92 Å². The Morgan fingerprint density at radius 1 is 1.20 bits per heavy atom. The summed E-state index contributed by atoms with van der Waals surface area (Å²) >= 11 is 0. The molecule has 5 nitrogen and oxygen atoms in total. The number of nitrogens with one attached hydrogen (secondary N) is 2. The van der Waals surface area contributed by atoms with E-state index in [1.54, 1.807) is 6.92 Å². The van der Waals surface area contributed by atoms with Crippen LogP contribution in [-0.4, -0.2) is 24.5 Å². The molecular weight excluding hydrogens is 316 g/mol. The molecule has 25 heavy (non-hydrogen) atoms. The average Bonchev–Trinajstić information content (AvgIpc) is 3.11. The first-order chi connectivity index (χ1) is 12.1. The molecule has 1 fully saturated rings. The van der Waals surface area contributed by atoms with Crippen LogP contribution in [0.5, 0.6) is 0 Å². The SMILES string of the molecule is CCOCc1ccccc1CNC(=O)[C@@H](C)NC(=O)CC1CCCC1. The van der Waals surface area contributed by atoms with Crippen LogP contribution in [0.15, 0.2) is 24.3 Å². The van der Waals surface area contributed by atoms with Gasteiger partial charge in [0.05, 0.1) is 6.61 Å². The van der Waals surface area contributed by atoms with Crippen LogP contribution in [0.4, 0.5) is 0 Å². The van der Waals surface area contributed by atoms with Gasteiger partial charge in [-0.05, 0) is 43.7 Å². The molecule has 0 aromatic heterocycles. The van der Waals surface area contributed by atoms with Gasteiger partial charge in [0.1, 0.15) is 6.04 Å². The van der Waals surface area contributed by atoms with Gasteiger partial charge in [-0.2, -0.15) is 0 Å². The van der Waals surface area contributed by atoms with Gasteiger partial charge in [0.2, 0.25) is 11.8 Å². The van der Waals surface area contributed by atoms with Crippen LogP contribution >= 0.6 is 0 Å². The van der Waals surface area contributed by atoms with Gasteiger partial charge in [-0.3, -0.25) is 9.59 Å². The van der Waals surface area contributed by atoms with Crippen molar-refractivity contribution in [3.63, 3.8) is 0 Å². The quantitative estimate of drug-likeness (QED) is 0.722. The molecule has 1 aliphatic rings. The van der Waals surface area contributed by atoms with Gasteiger partial charge in [0.15, 0.2) is 0 Å². The van der Waals surface area contributed by atoms with E-state index in [1.807, 2.05) is 31.2 Å². The predicted molar refractivity (Wildman–Crippen MR) is 97.8 cm³/mol. The van der Waals surface area contributed by atoms with Crippen LogP contribution in [0.25, 0.3) is 0 Å². The fourth-order valence-corrected chi connectivity index (χ4v) is 3.26. The summed E-state index contributed by atoms with van der Waals surface area (Å²) in [6, 6.07) is 7.38. The number of rotatable bonds is 9. The van der Waals surface area contributed by atoms with E-state index in [1.165, 1.54) is 12.8 Å². The molecule has 1 saturated carbocycles. The smallest absolute Gasteiger partial charge is 0.242 e. The van der Waals surface area contributed by atoms with Crippen molar-refractivity contribution in [3.05, 3.63) is 35.4 Å². The third-order valence-corrected chi connectivity index (χ3v) is 4.75. The molecule has 2 N–H and O–H groups in total. The van der Waals surface area contributed by atoms with E-state index in [0.717, 1.165) is 24.0 Å². The second-order valence-corrected chi connectivity index (χ2v) is 6.77. The standard InChI is InChI=1S/C20H30N2O3/c1-3-25-14-18-11-7-6-10-17(18)13-21-20(24)15(2)22-19(23)12-16-8-4-5-9-16/h6-7,10-11,15-16H,3-5,8-9,12-14H2,1-2H3,(H,21,24)(H,22,23)/t15-/m1/s1. The molecule has 5 heteroatoms. The molecule has 0 radical (unpaired) electrons. The minimum Gasteiger partial charge on any atom is -0.377 e. The third kappa shape index (κ3) is 6.50. The summed E-state index contributed by atoms with van der Waals surface area (Å²) in [5, 5.41) is 5.72. The summed E-state index contributed by atoms with van der Waals surface area (Å²) in [7, 11) is 0. The zero-order chi connectivity index (χ0) is 18.1. The van der Waals surface area contributed by atoms with Crippen LogP contribution in [-0.2, 0) is 27.5 Å². The highest BCUT2D eigenvalue weighted by molar-refractivity contribution is 5.87. The summed E-state index contributed by atoms with van der Waals surface area (Å²) in [4.78, 5) is 24.3. The molecule has 0 aliphatic heterocycles. The Morgan fingerprint density at radius 3 is 2.56 bits per heavy atom. The fourth-order valence-electron chi connectivity index (χ4n) is 3.26. The predicted octanol–water partition coefficient (Wildman–Crippen LogP) is 2.92. The zero-order valence-corrected chi connectivity index (χ0v) is 15.3. The van der Waals surface area contributed by atoms with Gasteiger partial charge in [-0.25, -0.2) is 0 Å². The van der Waals surface area contributed by atoms with Crippen LogP contribution in [0.3, 0.4) is 0 Å². The second kappa shape index (κ2) is 10.2. The van der Waals surface area contributed by atoms with E-state index in [-0.39, 0.29) is 11.8 Å². The van der Waals surface area contributed by atoms with Crippen LogP contribution < -0.4 is 10.6 Å². The number of amides is 2. The third-order valence-electron chi connectivity index (χ3n) is 4.75. The monoisotopic (exact) mass is 346 g/mol. The minimum atomic E-state index is -0.520. The van der Waals surface area contributed by atoms with Crippen molar-refractivity contribution in [1.29, 1.82) is 0 Å². The summed E-state index contributed by atoms with van der Waals surface area (Å²) in [5.74, 6) is 0.304. The van der Waals surface area contributed by atoms with Gasteiger partial charge in [0, 0.05) is 19.6 Å². The first kappa shape index (κ1) is 19.4. The number of carbonyl (C=O) groups is 2. The Balaban J connectivity index is 1.78. The minimum absolute atomic E-state index is 0.0219. The lowest BCUT2D eigenvalue weighted by atomic mass is 10.0. The highest BCUT2D eigenvalue weighted by atomic mass is 16.5. The van der Waals surface area contributed by atoms with E-state index in [2.05, 4.69) is 10.6 Å². The molecule has 0 heterocycles. The zero-order valence-electron chi connectivity index (χ0n) is 15.3. The van der Waals surface area contributed by atoms with E-state index >= 15 is 0 Å². The number of hydrogen-bond donors (Lipinski definition) is 2. The Bertz CT molecular complexity index is 568. The maximum atomic E-state index is 12.3. The van der Waals surface area contributed by atoms with Crippen molar-refractivity contribution in [2.45, 2.75) is 65.1 Å². The Morgan fingerprint density at radius 2 is 1.88 bits per heavy atom. The Hall–Kier alpha value is -1.88. The molecule has 2 rings (SSSR count). The molecule has 1 aromatic carbocycles. The number of ether oxygens (including phenoxy) is 1. The Labute approximate surface area is 150 Å². The lowest BCUT2D eigenvalue weighted by Gasteiger charge is -2.16. The van der Waals surface area contributed by atoms with Gasteiger partial charge < -0.3 is 15.4 Å². The van der Waals surface area contributed by atoms with E-state index in [4.69, 9.17) is 4.74 Å². The average molecular weight is 346 g/mol. The molecule has 1 aliphatic carbocycles. The first-order valence-electron chi connectivity index (χ1n) is 9.31. The van der Waals surface area contributed by atoms with Gasteiger partial charge in [-0.15, -0.1) is 0 Å². The number of carbonyl (C=O) groups excluding carboxylic acids is 2. The van der Waals surface area contributed by atoms with E-state index < -0.39 is 6.04 Å². The number of benzene rings is 1. The van der Waals surface area contributed by atoms with E-state index in [0.29, 0.717) is 32.1 Å². The molecule has 1 aromatic rings. The normalized spacial score (nSPS) is 15.8. The summed E-state index contributed by atoms with van der Waals surface area (Å²) in [6.45, 7) is 5.32. The second-order valence-electron chi connectivity index (χ2n) is 6.77. The van der Waals surface area contributed by atoms with Crippen LogP contribution in [0, 0.1) is 5.92 Å². The number of hydrogen-bond acceptors (Lipinski definition) is 3. The summed E-state index contributed by atoms with van der Waals surface area (Å²) in [5.41, 5.74) is 2.11. The van der Waals surface area contributed by atoms with Crippen molar-refractivity contribution < 1.29 is 14.3 Å². The highest BCUT2D eigenvalue weighted by Crippen LogP contribution is 2.27. The maximum Gasteiger partial charge on any atom is 0.242 e. The molecule has 138 valence electrons. The molecule has 0 spiro atoms. The molecule has 2 amide bonds. The van der Waals surface area contributed by atoms with Crippen molar-refractivity contribution in [1.82, 2.24) is 10.6 Å². The first-order valence-corrected chi connectivity index (χ1v) is 9.31. The Kier molecular flexibility index (Phi) is 7.92. The largest absolute Gasteiger partial charge is 0.377 e. The summed E-state index contributed by atoms with van der Waals surface area (Å²) < 4.78 is 5.46. The van der Waals surface area contributed by atoms with Gasteiger partial charge in [-0.1, -0.05) is 37.1 Å². The molecule has 1 atom stereocenters. The van der Waals surface area contributed by atoms with Crippen LogP contribution in [0.1, 0.15) is 57.1 Å². The highest BCUT2D eigenvalue weighted by Gasteiger charge is 2.21. The molecule has 0 saturated heterocycles. The summed E-state index contributed by atoms with van der Waals surface area (Å²) in [6.07, 6.45) is 5.23. The molecule has 0 bridgehead atoms. The molecular formula is C20H30N2O3. The lowest BCUT2D eigenvalue weighted by Crippen LogP contribution is -2.44. The maximum absolute atomic E-state index is 12.3. The molecule has 0 unspecified atom stereocenters. The fraction of sp³-hybridized carbons (Fsp3) is 0.600. The van der Waals surface area contributed by atoms with Crippen molar-refractivity contribution >= 4 is 11.8 Å². The topological polar surface area (TPSA) is 67.4 Å².